The van der Waals surface area contributed by atoms with E-state index in [1.54, 1.807) is 24.3 Å². The van der Waals surface area contributed by atoms with Gasteiger partial charge in [0.25, 0.3) is 0 Å². The number of halogens is 1. The van der Waals surface area contributed by atoms with Crippen molar-refractivity contribution in [1.82, 2.24) is 4.57 Å². The summed E-state index contributed by atoms with van der Waals surface area (Å²) in [6, 6.07) is 10.7. The second-order valence-corrected chi connectivity index (χ2v) is 6.19. The van der Waals surface area contributed by atoms with Crippen LogP contribution in [0, 0.1) is 10.1 Å². The van der Waals surface area contributed by atoms with Gasteiger partial charge in [-0.2, -0.15) is 0 Å². The summed E-state index contributed by atoms with van der Waals surface area (Å²) in [5, 5.41) is 11.2. The van der Waals surface area contributed by atoms with Crippen LogP contribution in [0.4, 0.5) is 5.69 Å². The molecule has 0 amide bonds. The number of thiazole rings is 1. The standard InChI is InChI=1S/C15H9ClN2O5S/c16-9-5-6-12(11(7-9)18(21)22)23-14(19)8-17-10-3-1-2-4-13(10)24-15(17)20/h1-7H,8H2. The highest BCUT2D eigenvalue weighted by Gasteiger charge is 2.20. The van der Waals surface area contributed by atoms with E-state index < -0.39 is 16.6 Å². The minimum Gasteiger partial charge on any atom is -0.418 e. The molecule has 122 valence electrons. The lowest BCUT2D eigenvalue weighted by Gasteiger charge is -2.06. The molecule has 9 heteroatoms. The smallest absolute Gasteiger partial charge is 0.331 e. The van der Waals surface area contributed by atoms with Gasteiger partial charge in [0.15, 0.2) is 0 Å². The van der Waals surface area contributed by atoms with Crippen molar-refractivity contribution in [1.29, 1.82) is 0 Å². The lowest BCUT2D eigenvalue weighted by atomic mass is 10.3. The molecule has 0 aliphatic rings. The number of ether oxygens (including phenoxy) is 1. The fraction of sp³-hybridized carbons (Fsp3) is 0.0667. The van der Waals surface area contributed by atoms with Crippen molar-refractivity contribution >= 4 is 44.8 Å². The van der Waals surface area contributed by atoms with Gasteiger partial charge in [-0.25, -0.2) is 4.79 Å². The molecular weight excluding hydrogens is 356 g/mol. The van der Waals surface area contributed by atoms with Gasteiger partial charge in [0.05, 0.1) is 15.1 Å². The Labute approximate surface area is 143 Å². The number of nitrogens with zero attached hydrogens (tertiary/aromatic N) is 2. The summed E-state index contributed by atoms with van der Waals surface area (Å²) in [6.45, 7) is -0.345. The van der Waals surface area contributed by atoms with Crippen molar-refractivity contribution in [2.24, 2.45) is 0 Å². The fourth-order valence-electron chi connectivity index (χ4n) is 2.17. The van der Waals surface area contributed by atoms with E-state index in [0.717, 1.165) is 22.1 Å². The highest BCUT2D eigenvalue weighted by atomic mass is 35.5. The summed E-state index contributed by atoms with van der Waals surface area (Å²) < 4.78 is 7.06. The molecule has 0 atom stereocenters. The number of aromatic nitrogens is 1. The number of carbonyl (C=O) groups is 1. The van der Waals surface area contributed by atoms with E-state index in [1.807, 2.05) is 0 Å². The maximum atomic E-state index is 12.1. The molecule has 1 aromatic heterocycles. The molecule has 2 aromatic carbocycles. The van der Waals surface area contributed by atoms with Gasteiger partial charge in [-0.3, -0.25) is 19.5 Å². The monoisotopic (exact) mass is 364 g/mol. The molecule has 0 saturated carbocycles. The SMILES string of the molecule is O=C(Cn1c(=O)sc2ccccc21)Oc1ccc(Cl)cc1[N+](=O)[O-]. The Morgan fingerprint density at radius 3 is 2.79 bits per heavy atom. The minimum atomic E-state index is -0.786. The normalized spacial score (nSPS) is 10.7. The van der Waals surface area contributed by atoms with Crippen LogP contribution in [0.1, 0.15) is 0 Å². The molecule has 0 aliphatic heterocycles. The van der Waals surface area contributed by atoms with Crippen LogP contribution in [0.2, 0.25) is 5.02 Å². The van der Waals surface area contributed by atoms with E-state index in [1.165, 1.54) is 16.7 Å². The molecule has 3 aromatic rings. The predicted octanol–water partition coefficient (Wildman–Crippen LogP) is 3.23. The molecule has 0 unspecified atom stereocenters. The summed E-state index contributed by atoms with van der Waals surface area (Å²) in [7, 11) is 0. The number of rotatable bonds is 4. The second kappa shape index (κ2) is 6.42. The van der Waals surface area contributed by atoms with Crippen LogP contribution in [-0.2, 0) is 11.3 Å². The number of esters is 1. The molecular formula is C15H9ClN2O5S. The Morgan fingerprint density at radius 2 is 2.04 bits per heavy atom. The lowest BCUT2D eigenvalue weighted by molar-refractivity contribution is -0.385. The van der Waals surface area contributed by atoms with E-state index in [2.05, 4.69) is 0 Å². The molecule has 0 bridgehead atoms. The minimum absolute atomic E-state index is 0.154. The molecule has 24 heavy (non-hydrogen) atoms. The lowest BCUT2D eigenvalue weighted by Crippen LogP contribution is -2.22. The van der Waals surface area contributed by atoms with Gasteiger partial charge in [-0.1, -0.05) is 35.1 Å². The van der Waals surface area contributed by atoms with Gasteiger partial charge >= 0.3 is 16.5 Å². The third-order valence-electron chi connectivity index (χ3n) is 3.20. The Morgan fingerprint density at radius 1 is 1.29 bits per heavy atom. The van der Waals surface area contributed by atoms with Gasteiger partial charge in [0.2, 0.25) is 5.75 Å². The first-order valence-corrected chi connectivity index (χ1v) is 7.88. The van der Waals surface area contributed by atoms with Crippen molar-refractivity contribution in [2.45, 2.75) is 6.54 Å². The molecule has 3 rings (SSSR count). The number of para-hydroxylation sites is 1. The van der Waals surface area contributed by atoms with Crippen LogP contribution >= 0.6 is 22.9 Å². The fourth-order valence-corrected chi connectivity index (χ4v) is 3.22. The van der Waals surface area contributed by atoms with Crippen LogP contribution < -0.4 is 9.61 Å². The average Bonchev–Trinajstić information content (AvgIpc) is 2.85. The highest BCUT2D eigenvalue weighted by molar-refractivity contribution is 7.16. The Kier molecular flexibility index (Phi) is 4.32. The summed E-state index contributed by atoms with van der Waals surface area (Å²) in [5.41, 5.74) is 0.188. The molecule has 0 N–H and O–H groups in total. The van der Waals surface area contributed by atoms with Gasteiger partial charge in [-0.05, 0) is 24.3 Å². The number of hydrogen-bond acceptors (Lipinski definition) is 6. The summed E-state index contributed by atoms with van der Waals surface area (Å²) >= 11 is 6.72. The van der Waals surface area contributed by atoms with Crippen molar-refractivity contribution in [3.05, 3.63) is 67.3 Å². The Hall–Kier alpha value is -2.71. The molecule has 7 nitrogen and oxygen atoms in total. The zero-order valence-corrected chi connectivity index (χ0v) is 13.5. The van der Waals surface area contributed by atoms with Crippen LogP contribution in [0.3, 0.4) is 0 Å². The third kappa shape index (κ3) is 3.15. The van der Waals surface area contributed by atoms with Crippen molar-refractivity contribution in [3.63, 3.8) is 0 Å². The average molecular weight is 365 g/mol. The van der Waals surface area contributed by atoms with Gasteiger partial charge in [0.1, 0.15) is 6.54 Å². The van der Waals surface area contributed by atoms with Crippen LogP contribution in [-0.4, -0.2) is 15.5 Å². The first-order valence-electron chi connectivity index (χ1n) is 6.68. The Bertz CT molecular complexity index is 1010. The molecule has 0 fully saturated rings. The zero-order chi connectivity index (χ0) is 17.3. The number of nitro benzene ring substituents is 1. The summed E-state index contributed by atoms with van der Waals surface area (Å²) in [6.07, 6.45) is 0. The Balaban J connectivity index is 1.87. The van der Waals surface area contributed by atoms with Crippen LogP contribution in [0.15, 0.2) is 47.3 Å². The largest absolute Gasteiger partial charge is 0.418 e. The highest BCUT2D eigenvalue weighted by Crippen LogP contribution is 2.30. The van der Waals surface area contributed by atoms with E-state index >= 15 is 0 Å². The maximum absolute atomic E-state index is 12.1. The molecule has 0 saturated heterocycles. The van der Waals surface area contributed by atoms with Crippen molar-refractivity contribution in [3.8, 4) is 5.75 Å². The van der Waals surface area contributed by atoms with E-state index in [4.69, 9.17) is 16.3 Å². The topological polar surface area (TPSA) is 91.4 Å². The number of fused-ring (bicyclic) bond motifs is 1. The number of hydrogen-bond donors (Lipinski definition) is 0. The number of nitro groups is 1. The summed E-state index contributed by atoms with van der Waals surface area (Å²) in [4.78, 5) is 34.1. The first-order chi connectivity index (χ1) is 11.5. The van der Waals surface area contributed by atoms with Crippen LogP contribution in [0.25, 0.3) is 10.2 Å². The number of benzene rings is 2. The van der Waals surface area contributed by atoms with E-state index in [-0.39, 0.29) is 22.2 Å². The van der Waals surface area contributed by atoms with Gasteiger partial charge in [-0.15, -0.1) is 0 Å². The zero-order valence-electron chi connectivity index (χ0n) is 12.0. The van der Waals surface area contributed by atoms with Gasteiger partial charge in [0, 0.05) is 11.1 Å². The predicted molar refractivity (Wildman–Crippen MR) is 89.8 cm³/mol. The molecule has 1 heterocycles. The molecule has 0 spiro atoms. The van der Waals surface area contributed by atoms with E-state index in [0.29, 0.717) is 5.52 Å². The number of carbonyl (C=O) groups excluding carboxylic acids is 1. The first kappa shape index (κ1) is 16.2. The summed E-state index contributed by atoms with van der Waals surface area (Å²) in [5.74, 6) is -1.01. The third-order valence-corrected chi connectivity index (χ3v) is 4.40. The van der Waals surface area contributed by atoms with E-state index in [9.17, 15) is 19.7 Å². The maximum Gasteiger partial charge on any atom is 0.331 e. The second-order valence-electron chi connectivity index (χ2n) is 4.77. The molecule has 0 aliphatic carbocycles. The van der Waals surface area contributed by atoms with Gasteiger partial charge < -0.3 is 4.74 Å². The quantitative estimate of drug-likeness (QED) is 0.307. The van der Waals surface area contributed by atoms with Crippen molar-refractivity contribution < 1.29 is 14.5 Å². The van der Waals surface area contributed by atoms with Crippen LogP contribution in [0.5, 0.6) is 5.75 Å². The van der Waals surface area contributed by atoms with Crippen molar-refractivity contribution in [2.75, 3.05) is 0 Å². The molecule has 0 radical (unpaired) electrons.